The number of aliphatic hydroxyl groups is 2. The van der Waals surface area contributed by atoms with Crippen molar-refractivity contribution >= 4 is 12.4 Å². The van der Waals surface area contributed by atoms with Crippen molar-refractivity contribution in [2.75, 3.05) is 13.1 Å². The van der Waals surface area contributed by atoms with Crippen LogP contribution in [-0.4, -0.2) is 47.9 Å². The molecule has 2 aliphatic rings. The summed E-state index contributed by atoms with van der Waals surface area (Å²) in [6, 6.07) is 0. The summed E-state index contributed by atoms with van der Waals surface area (Å²) < 4.78 is 0. The van der Waals surface area contributed by atoms with E-state index in [-0.39, 0.29) is 24.0 Å². The lowest BCUT2D eigenvalue weighted by Crippen LogP contribution is -2.25. The molecule has 0 amide bonds. The van der Waals surface area contributed by atoms with Gasteiger partial charge in [0.15, 0.2) is 0 Å². The van der Waals surface area contributed by atoms with Crippen LogP contribution in [0, 0.1) is 11.8 Å². The zero-order chi connectivity index (χ0) is 14.9. The van der Waals surface area contributed by atoms with Crippen molar-refractivity contribution in [2.24, 2.45) is 21.8 Å². The Kier molecular flexibility index (Phi) is 7.37. The van der Waals surface area contributed by atoms with E-state index < -0.39 is 0 Å². The van der Waals surface area contributed by atoms with E-state index >= 15 is 0 Å². The molecule has 2 aliphatic carbocycles. The van der Waals surface area contributed by atoms with Gasteiger partial charge in [0.2, 0.25) is 0 Å². The van der Waals surface area contributed by atoms with E-state index in [2.05, 4.69) is 9.98 Å². The third-order valence-corrected chi connectivity index (χ3v) is 4.73. The minimum absolute atomic E-state index is 0.187. The molecule has 4 heteroatoms. The summed E-state index contributed by atoms with van der Waals surface area (Å²) in [6.45, 7) is 1.57. The van der Waals surface area contributed by atoms with E-state index in [1.807, 2.05) is 12.4 Å². The van der Waals surface area contributed by atoms with Crippen molar-refractivity contribution < 1.29 is 10.2 Å². The summed E-state index contributed by atoms with van der Waals surface area (Å²) in [5.74, 6) is 0.527. The fourth-order valence-electron chi connectivity index (χ4n) is 3.30. The van der Waals surface area contributed by atoms with E-state index in [4.69, 9.17) is 0 Å². The summed E-state index contributed by atoms with van der Waals surface area (Å²) >= 11 is 0. The average Bonchev–Trinajstić information content (AvgIpc) is 2.50. The highest BCUT2D eigenvalue weighted by molar-refractivity contribution is 5.62. The van der Waals surface area contributed by atoms with Crippen LogP contribution in [0.25, 0.3) is 0 Å². The Morgan fingerprint density at radius 2 is 1.14 bits per heavy atom. The highest BCUT2D eigenvalue weighted by atomic mass is 16.3. The van der Waals surface area contributed by atoms with Gasteiger partial charge in [0.25, 0.3) is 0 Å². The van der Waals surface area contributed by atoms with E-state index in [1.165, 1.54) is 12.8 Å². The van der Waals surface area contributed by atoms with Gasteiger partial charge in [0.1, 0.15) is 0 Å². The predicted molar refractivity (Wildman–Crippen MR) is 87.3 cm³/mol. The third-order valence-electron chi connectivity index (χ3n) is 4.73. The van der Waals surface area contributed by atoms with Crippen molar-refractivity contribution in [2.45, 2.75) is 70.0 Å². The first-order valence-corrected chi connectivity index (χ1v) is 8.63. The second-order valence-electron chi connectivity index (χ2n) is 6.50. The molecule has 0 saturated heterocycles. The summed E-state index contributed by atoms with van der Waals surface area (Å²) in [4.78, 5) is 8.87. The number of aliphatic hydroxyl groups excluding tert-OH is 2. The Labute approximate surface area is 128 Å². The number of nitrogens with zero attached hydrogens (tertiary/aromatic N) is 2. The van der Waals surface area contributed by atoms with Crippen LogP contribution in [0.15, 0.2) is 9.98 Å². The van der Waals surface area contributed by atoms with Gasteiger partial charge in [0.05, 0.1) is 12.2 Å². The van der Waals surface area contributed by atoms with Gasteiger partial charge in [-0.15, -0.1) is 0 Å². The van der Waals surface area contributed by atoms with E-state index in [0.717, 1.165) is 58.0 Å². The Bertz CT molecular complexity index is 312. The fourth-order valence-corrected chi connectivity index (χ4v) is 3.30. The van der Waals surface area contributed by atoms with Gasteiger partial charge in [-0.25, -0.2) is 0 Å². The quantitative estimate of drug-likeness (QED) is 0.584. The first kappa shape index (κ1) is 16.6. The van der Waals surface area contributed by atoms with E-state index in [9.17, 15) is 10.2 Å². The Morgan fingerprint density at radius 1 is 0.714 bits per heavy atom. The first-order chi connectivity index (χ1) is 10.3. The molecule has 0 aliphatic heterocycles. The lowest BCUT2D eigenvalue weighted by Gasteiger charge is -2.24. The minimum Gasteiger partial charge on any atom is -0.392 e. The van der Waals surface area contributed by atoms with Crippen LogP contribution >= 0.6 is 0 Å². The van der Waals surface area contributed by atoms with Crippen LogP contribution in [0.4, 0.5) is 0 Å². The van der Waals surface area contributed by atoms with Gasteiger partial charge in [0, 0.05) is 37.4 Å². The molecule has 0 aromatic carbocycles. The molecule has 0 aromatic heterocycles. The highest BCUT2D eigenvalue weighted by Crippen LogP contribution is 2.23. The lowest BCUT2D eigenvalue weighted by atomic mass is 9.87. The summed E-state index contributed by atoms with van der Waals surface area (Å²) in [5, 5.41) is 19.7. The van der Waals surface area contributed by atoms with Crippen LogP contribution < -0.4 is 0 Å². The molecule has 4 nitrogen and oxygen atoms in total. The molecule has 2 rings (SSSR count). The summed E-state index contributed by atoms with van der Waals surface area (Å²) in [5.41, 5.74) is 0. The second kappa shape index (κ2) is 9.31. The second-order valence-corrected chi connectivity index (χ2v) is 6.50. The molecule has 4 unspecified atom stereocenters. The van der Waals surface area contributed by atoms with Gasteiger partial charge in [-0.05, 0) is 32.1 Å². The van der Waals surface area contributed by atoms with Crippen molar-refractivity contribution in [1.29, 1.82) is 0 Å². The molecule has 2 N–H and O–H groups in total. The van der Waals surface area contributed by atoms with Gasteiger partial charge in [-0.1, -0.05) is 25.7 Å². The Hall–Kier alpha value is -0.740. The van der Waals surface area contributed by atoms with Gasteiger partial charge < -0.3 is 10.2 Å². The topological polar surface area (TPSA) is 65.2 Å². The highest BCUT2D eigenvalue weighted by Gasteiger charge is 2.21. The summed E-state index contributed by atoms with van der Waals surface area (Å²) in [7, 11) is 0. The maximum Gasteiger partial charge on any atom is 0.0617 e. The smallest absolute Gasteiger partial charge is 0.0617 e. The molecule has 21 heavy (non-hydrogen) atoms. The standard InChI is InChI=1S/C17H30N2O2/c20-16-8-3-1-6-14(16)12-18-10-5-11-19-13-15-7-2-4-9-17(15)21/h12-17,20-21H,1-11H2. The molecule has 4 atom stereocenters. The number of hydrogen-bond acceptors (Lipinski definition) is 4. The third kappa shape index (κ3) is 5.87. The van der Waals surface area contributed by atoms with Crippen LogP contribution in [0.1, 0.15) is 57.8 Å². The molecule has 120 valence electrons. The van der Waals surface area contributed by atoms with Crippen molar-refractivity contribution in [3.8, 4) is 0 Å². The molecular weight excluding hydrogens is 264 g/mol. The number of aliphatic imine (C=N–C) groups is 2. The maximum atomic E-state index is 9.84. The molecule has 2 saturated carbocycles. The number of hydrogen-bond donors (Lipinski definition) is 2. The van der Waals surface area contributed by atoms with Gasteiger partial charge >= 0.3 is 0 Å². The lowest BCUT2D eigenvalue weighted by molar-refractivity contribution is 0.103. The number of rotatable bonds is 6. The molecule has 0 aromatic rings. The van der Waals surface area contributed by atoms with Crippen LogP contribution in [-0.2, 0) is 0 Å². The Balaban J connectivity index is 1.57. The van der Waals surface area contributed by atoms with E-state index in [0.29, 0.717) is 0 Å². The van der Waals surface area contributed by atoms with Crippen molar-refractivity contribution in [3.63, 3.8) is 0 Å². The summed E-state index contributed by atoms with van der Waals surface area (Å²) in [6.07, 6.45) is 13.2. The normalized spacial score (nSPS) is 34.8. The van der Waals surface area contributed by atoms with Crippen LogP contribution in [0.2, 0.25) is 0 Å². The molecule has 0 radical (unpaired) electrons. The SMILES string of the molecule is OC1CCCCC1C=NCCCN=CC1CCCCC1O. The molecule has 0 spiro atoms. The average molecular weight is 294 g/mol. The zero-order valence-electron chi connectivity index (χ0n) is 13.0. The molecule has 0 heterocycles. The van der Waals surface area contributed by atoms with Crippen molar-refractivity contribution in [1.82, 2.24) is 0 Å². The Morgan fingerprint density at radius 3 is 1.57 bits per heavy atom. The minimum atomic E-state index is -0.187. The fraction of sp³-hybridized carbons (Fsp3) is 0.882. The predicted octanol–water partition coefficient (Wildman–Crippen LogP) is 2.62. The largest absolute Gasteiger partial charge is 0.392 e. The monoisotopic (exact) mass is 294 g/mol. The molecular formula is C17H30N2O2. The van der Waals surface area contributed by atoms with Gasteiger partial charge in [-0.2, -0.15) is 0 Å². The van der Waals surface area contributed by atoms with Crippen molar-refractivity contribution in [3.05, 3.63) is 0 Å². The van der Waals surface area contributed by atoms with Crippen LogP contribution in [0.5, 0.6) is 0 Å². The molecule has 0 bridgehead atoms. The first-order valence-electron chi connectivity index (χ1n) is 8.63. The zero-order valence-corrected chi connectivity index (χ0v) is 13.0. The molecule has 2 fully saturated rings. The van der Waals surface area contributed by atoms with Gasteiger partial charge in [-0.3, -0.25) is 9.98 Å². The maximum absolute atomic E-state index is 9.84. The van der Waals surface area contributed by atoms with E-state index in [1.54, 1.807) is 0 Å². The van der Waals surface area contributed by atoms with Crippen LogP contribution in [0.3, 0.4) is 0 Å².